The number of fused-ring (bicyclic) bond motifs is 8. The van der Waals surface area contributed by atoms with Crippen LogP contribution >= 0.6 is 0 Å². The first kappa shape index (κ1) is 45.4. The summed E-state index contributed by atoms with van der Waals surface area (Å²) in [4.78, 5) is 18.7. The highest BCUT2D eigenvalue weighted by atomic mass is 35.5. The van der Waals surface area contributed by atoms with Gasteiger partial charge in [0.25, 0.3) is 0 Å². The van der Waals surface area contributed by atoms with E-state index in [0.29, 0.717) is 0 Å². The lowest BCUT2D eigenvalue weighted by atomic mass is 10.1. The fourth-order valence-electron chi connectivity index (χ4n) is 7.89. The molecule has 306 valence electrons. The normalized spacial score (nSPS) is 11.3. The first-order valence-electron chi connectivity index (χ1n) is 19.7. The molecule has 0 amide bonds. The van der Waals surface area contributed by atoms with E-state index in [0.717, 1.165) is 116 Å². The van der Waals surface area contributed by atoms with E-state index >= 15 is 0 Å². The van der Waals surface area contributed by atoms with Crippen molar-refractivity contribution in [2.45, 2.75) is 53.9 Å². The fourth-order valence-corrected chi connectivity index (χ4v) is 7.89. The number of nitrogens with zero attached hydrogens (tertiary/aromatic N) is 6. The minimum absolute atomic E-state index is 0. The monoisotopic (exact) mass is 874 g/mol. The topological polar surface area (TPSA) is 72.9 Å². The van der Waals surface area contributed by atoms with Crippen LogP contribution < -0.4 is 67.9 Å². The van der Waals surface area contributed by atoms with E-state index in [9.17, 15) is 0 Å². The zero-order valence-electron chi connectivity index (χ0n) is 33.9. The van der Waals surface area contributed by atoms with E-state index in [2.05, 4.69) is 203 Å². The standard InChI is InChI=1S/C48H46N8.4ClH/c1-5-53-25-9-13-33(29-53)45-37-17-19-39(49-37)46(34-14-10-26-54(6-2)30-34)41-21-23-43(51-41)48(36-16-12-28-56(8-4)32-36)44-24-22-42(52-44)47(40-20-18-38(45)50-40)35-15-11-27-55(7-3)31-35;;;;/h9-32,49,52H,5-8H2,1-4H3;4*1H/q+4;;;;/p-4. The number of pyridine rings is 4. The van der Waals surface area contributed by atoms with E-state index in [1.165, 1.54) is 0 Å². The van der Waals surface area contributed by atoms with Crippen molar-refractivity contribution in [3.8, 4) is 44.5 Å². The predicted molar refractivity (Wildman–Crippen MR) is 224 cm³/mol. The molecule has 7 aromatic heterocycles. The number of aromatic nitrogens is 8. The van der Waals surface area contributed by atoms with Crippen LogP contribution in [0.5, 0.6) is 0 Å². The van der Waals surface area contributed by atoms with E-state index in [-0.39, 0.29) is 49.6 Å². The minimum atomic E-state index is 0. The summed E-state index contributed by atoms with van der Waals surface area (Å²) < 4.78 is 8.85. The molecule has 0 saturated heterocycles. The van der Waals surface area contributed by atoms with Crippen LogP contribution in [-0.2, 0) is 26.2 Å². The SMILES string of the molecule is CC[n+]1cccc(-c2c3nc(c(-c4ccc[n+](CC)c4)c4ccc([nH]4)c(-c4ccc[n+](CC)c4)c4nc(c(-c5ccc[n+](CC)c5)c5ccc2[nH]5)C=C4)C=C3)c1.[Cl-].[Cl-].[Cl-].[Cl-]. The smallest absolute Gasteiger partial charge is 0.176 e. The molecule has 60 heavy (non-hydrogen) atoms. The molecule has 2 N–H and O–H groups in total. The molecule has 0 saturated carbocycles. The van der Waals surface area contributed by atoms with Crippen LogP contribution in [0.2, 0.25) is 0 Å². The highest BCUT2D eigenvalue weighted by Gasteiger charge is 2.21. The van der Waals surface area contributed by atoms with E-state index in [4.69, 9.17) is 9.97 Å². The van der Waals surface area contributed by atoms with Crippen molar-refractivity contribution < 1.29 is 67.9 Å². The Hall–Kier alpha value is -5.64. The molecular formula is C48H46Cl4N8. The average Bonchev–Trinajstić information content (AvgIpc) is 4.09. The number of halogens is 4. The summed E-state index contributed by atoms with van der Waals surface area (Å²) in [5, 5.41) is 0. The minimum Gasteiger partial charge on any atom is -1.00 e. The van der Waals surface area contributed by atoms with Crippen LogP contribution in [0.4, 0.5) is 0 Å². The molecule has 2 aliphatic heterocycles. The maximum absolute atomic E-state index is 5.48. The number of rotatable bonds is 8. The molecule has 8 bridgehead atoms. The number of H-pyrrole nitrogens is 2. The molecule has 12 heteroatoms. The third-order valence-corrected chi connectivity index (χ3v) is 10.8. The molecule has 0 unspecified atom stereocenters. The zero-order valence-corrected chi connectivity index (χ0v) is 36.9. The Bertz CT molecular complexity index is 2510. The number of hydrogen-bond acceptors (Lipinski definition) is 2. The maximum atomic E-state index is 5.48. The predicted octanol–water partition coefficient (Wildman–Crippen LogP) is -3.43. The third kappa shape index (κ3) is 8.65. The first-order valence-corrected chi connectivity index (χ1v) is 19.7. The van der Waals surface area contributed by atoms with Crippen LogP contribution in [-0.4, -0.2) is 19.9 Å². The van der Waals surface area contributed by atoms with Gasteiger partial charge in [-0.15, -0.1) is 0 Å². The fraction of sp³-hybridized carbons (Fsp3) is 0.167. The quantitative estimate of drug-likeness (QED) is 0.156. The lowest BCUT2D eigenvalue weighted by molar-refractivity contribution is -0.693. The zero-order chi connectivity index (χ0) is 38.2. The van der Waals surface area contributed by atoms with Crippen molar-refractivity contribution in [3.05, 3.63) is 145 Å². The van der Waals surface area contributed by atoms with E-state index < -0.39 is 0 Å². The van der Waals surface area contributed by atoms with Crippen LogP contribution in [0.3, 0.4) is 0 Å². The molecule has 9 heterocycles. The molecule has 0 aliphatic carbocycles. The van der Waals surface area contributed by atoms with Gasteiger partial charge in [-0.3, -0.25) is 0 Å². The van der Waals surface area contributed by atoms with Crippen molar-refractivity contribution in [2.75, 3.05) is 0 Å². The van der Waals surface area contributed by atoms with Crippen LogP contribution in [0.15, 0.2) is 122 Å². The molecule has 0 radical (unpaired) electrons. The van der Waals surface area contributed by atoms with Gasteiger partial charge in [0.15, 0.2) is 49.6 Å². The van der Waals surface area contributed by atoms with Gasteiger partial charge >= 0.3 is 0 Å². The Kier molecular flexibility index (Phi) is 14.9. The Balaban J connectivity index is 0.00000171. The molecule has 2 aliphatic rings. The summed E-state index contributed by atoms with van der Waals surface area (Å²) in [6, 6.07) is 25.9. The second kappa shape index (κ2) is 19.6. The van der Waals surface area contributed by atoms with Crippen LogP contribution in [0.25, 0.3) is 90.9 Å². The summed E-state index contributed by atoms with van der Waals surface area (Å²) in [5.74, 6) is 0. The van der Waals surface area contributed by atoms with Gasteiger partial charge in [-0.1, -0.05) is 0 Å². The summed E-state index contributed by atoms with van der Waals surface area (Å²) >= 11 is 0. The van der Waals surface area contributed by atoms with Gasteiger partial charge in [0.05, 0.1) is 22.8 Å². The number of aromatic amines is 2. The summed E-state index contributed by atoms with van der Waals surface area (Å²) in [7, 11) is 0. The van der Waals surface area contributed by atoms with Gasteiger partial charge in [0.2, 0.25) is 0 Å². The highest BCUT2D eigenvalue weighted by molar-refractivity contribution is 5.99. The average molecular weight is 877 g/mol. The van der Waals surface area contributed by atoms with Crippen molar-refractivity contribution in [3.63, 3.8) is 0 Å². The Morgan fingerprint density at radius 2 is 0.600 bits per heavy atom. The van der Waals surface area contributed by atoms with Crippen molar-refractivity contribution >= 4 is 46.4 Å². The van der Waals surface area contributed by atoms with Crippen molar-refractivity contribution in [2.24, 2.45) is 0 Å². The Labute approximate surface area is 375 Å². The maximum Gasteiger partial charge on any atom is 0.176 e. The molecule has 9 rings (SSSR count). The molecule has 0 fully saturated rings. The largest absolute Gasteiger partial charge is 1.00 e. The van der Waals surface area contributed by atoms with Gasteiger partial charge in [-0.25, -0.2) is 28.2 Å². The van der Waals surface area contributed by atoms with Gasteiger partial charge in [-0.2, -0.15) is 0 Å². The Morgan fingerprint density at radius 1 is 0.367 bits per heavy atom. The summed E-state index contributed by atoms with van der Waals surface area (Å²) in [6.45, 7) is 12.1. The van der Waals surface area contributed by atoms with Gasteiger partial charge in [0, 0.05) is 90.8 Å². The highest BCUT2D eigenvalue weighted by Crippen LogP contribution is 2.37. The van der Waals surface area contributed by atoms with Gasteiger partial charge in [-0.05, 0) is 101 Å². The number of aryl methyl sites for hydroxylation is 4. The van der Waals surface area contributed by atoms with Crippen molar-refractivity contribution in [1.82, 2.24) is 19.9 Å². The van der Waals surface area contributed by atoms with Gasteiger partial charge in [0.1, 0.15) is 26.2 Å². The number of hydrogen-bond donors (Lipinski definition) is 2. The molecule has 7 aromatic rings. The summed E-state index contributed by atoms with van der Waals surface area (Å²) in [6.07, 6.45) is 26.0. The first-order chi connectivity index (χ1) is 27.5. The molecule has 8 nitrogen and oxygen atoms in total. The molecular weight excluding hydrogens is 830 g/mol. The second-order valence-electron chi connectivity index (χ2n) is 14.2. The number of nitrogens with one attached hydrogen (secondary N) is 2. The summed E-state index contributed by atoms with van der Waals surface area (Å²) in [5.41, 5.74) is 16.1. The van der Waals surface area contributed by atoms with E-state index in [1.54, 1.807) is 0 Å². The van der Waals surface area contributed by atoms with Crippen LogP contribution in [0.1, 0.15) is 50.5 Å². The lowest BCUT2D eigenvalue weighted by Crippen LogP contribution is -3.00. The van der Waals surface area contributed by atoms with Gasteiger partial charge < -0.3 is 59.6 Å². The van der Waals surface area contributed by atoms with E-state index in [1.807, 2.05) is 0 Å². The lowest BCUT2D eigenvalue weighted by Gasteiger charge is -2.06. The molecule has 0 atom stereocenters. The second-order valence-corrected chi connectivity index (χ2v) is 14.2. The third-order valence-electron chi connectivity index (χ3n) is 10.8. The van der Waals surface area contributed by atoms with Crippen LogP contribution in [0, 0.1) is 0 Å². The van der Waals surface area contributed by atoms with Crippen molar-refractivity contribution in [1.29, 1.82) is 0 Å². The molecule has 0 aromatic carbocycles. The molecule has 0 spiro atoms. The Morgan fingerprint density at radius 3 is 0.817 bits per heavy atom.